The number of nitrogens with zero attached hydrogens (tertiary/aromatic N) is 1. The number of rotatable bonds is 6. The van der Waals surface area contributed by atoms with Crippen LogP contribution < -0.4 is 10.1 Å². The zero-order chi connectivity index (χ0) is 19.9. The number of carbonyl (C=O) groups is 2. The lowest BCUT2D eigenvalue weighted by Gasteiger charge is -2.24. The van der Waals surface area contributed by atoms with Gasteiger partial charge in [-0.25, -0.2) is 0 Å². The molecule has 1 unspecified atom stereocenters. The lowest BCUT2D eigenvalue weighted by atomic mass is 9.91. The molecule has 1 aliphatic heterocycles. The fourth-order valence-electron chi connectivity index (χ4n) is 3.75. The van der Waals surface area contributed by atoms with Gasteiger partial charge >= 0.3 is 0 Å². The van der Waals surface area contributed by atoms with Gasteiger partial charge < -0.3 is 15.0 Å². The molecule has 5 heteroatoms. The molecule has 0 aromatic heterocycles. The molecule has 2 aromatic rings. The number of para-hydroxylation sites is 1. The number of hydrogen-bond donors (Lipinski definition) is 1. The highest BCUT2D eigenvalue weighted by Crippen LogP contribution is 2.33. The number of amides is 2. The molecule has 0 spiro atoms. The van der Waals surface area contributed by atoms with E-state index in [1.165, 1.54) is 0 Å². The smallest absolute Gasteiger partial charge is 0.225 e. The highest BCUT2D eigenvalue weighted by Gasteiger charge is 2.28. The number of methoxy groups -OCH3 is 1. The summed E-state index contributed by atoms with van der Waals surface area (Å²) in [6.07, 6.45) is 1.92. The summed E-state index contributed by atoms with van der Waals surface area (Å²) < 4.78 is 5.53. The lowest BCUT2D eigenvalue weighted by molar-refractivity contribution is -0.132. The first-order valence-corrected chi connectivity index (χ1v) is 9.90. The molecule has 1 N–H and O–H groups in total. The minimum Gasteiger partial charge on any atom is -0.496 e. The summed E-state index contributed by atoms with van der Waals surface area (Å²) >= 11 is 0. The van der Waals surface area contributed by atoms with Gasteiger partial charge in [0.2, 0.25) is 11.8 Å². The van der Waals surface area contributed by atoms with Crippen LogP contribution in [0, 0.1) is 5.92 Å². The van der Waals surface area contributed by atoms with Gasteiger partial charge in [-0.15, -0.1) is 0 Å². The molecule has 2 amide bonds. The van der Waals surface area contributed by atoms with Crippen molar-refractivity contribution in [1.82, 2.24) is 10.2 Å². The summed E-state index contributed by atoms with van der Waals surface area (Å²) in [6, 6.07) is 16.0. The topological polar surface area (TPSA) is 58.6 Å². The summed E-state index contributed by atoms with van der Waals surface area (Å²) in [6.45, 7) is 3.55. The van der Waals surface area contributed by atoms with Crippen molar-refractivity contribution in [3.05, 3.63) is 54.1 Å². The summed E-state index contributed by atoms with van der Waals surface area (Å²) in [5, 5.41) is 2.97. The number of ether oxygens (including phenoxy) is 1. The van der Waals surface area contributed by atoms with Crippen LogP contribution in [-0.4, -0.2) is 43.5 Å². The highest BCUT2D eigenvalue weighted by molar-refractivity contribution is 5.83. The SMILES string of the molecule is CCCC(=O)N1CCNC(=O)C(Cc2ccccc2-c2ccccc2OC)C1. The molecule has 2 aromatic carbocycles. The van der Waals surface area contributed by atoms with Crippen LogP contribution in [0.2, 0.25) is 0 Å². The van der Waals surface area contributed by atoms with Crippen LogP contribution in [0.15, 0.2) is 48.5 Å². The van der Waals surface area contributed by atoms with E-state index in [4.69, 9.17) is 4.74 Å². The molecular formula is C23H28N2O3. The zero-order valence-electron chi connectivity index (χ0n) is 16.6. The van der Waals surface area contributed by atoms with Gasteiger partial charge in [0.25, 0.3) is 0 Å². The molecule has 28 heavy (non-hydrogen) atoms. The minimum atomic E-state index is -0.265. The van der Waals surface area contributed by atoms with Crippen molar-refractivity contribution >= 4 is 11.8 Å². The minimum absolute atomic E-state index is 0.0154. The first-order chi connectivity index (χ1) is 13.6. The van der Waals surface area contributed by atoms with E-state index < -0.39 is 0 Å². The van der Waals surface area contributed by atoms with Crippen LogP contribution in [0.5, 0.6) is 5.75 Å². The number of nitrogens with one attached hydrogen (secondary N) is 1. The second kappa shape index (κ2) is 9.40. The van der Waals surface area contributed by atoms with Gasteiger partial charge in [0.1, 0.15) is 5.75 Å². The monoisotopic (exact) mass is 380 g/mol. The van der Waals surface area contributed by atoms with Crippen LogP contribution in [0.1, 0.15) is 25.3 Å². The van der Waals surface area contributed by atoms with Crippen LogP contribution in [-0.2, 0) is 16.0 Å². The predicted octanol–water partition coefficient (Wildman–Crippen LogP) is 3.28. The van der Waals surface area contributed by atoms with E-state index in [1.54, 1.807) is 7.11 Å². The third-order valence-electron chi connectivity index (χ3n) is 5.19. The van der Waals surface area contributed by atoms with Gasteiger partial charge in [0.05, 0.1) is 13.0 Å². The molecule has 0 radical (unpaired) electrons. The van der Waals surface area contributed by atoms with Crippen molar-refractivity contribution < 1.29 is 14.3 Å². The Morgan fingerprint density at radius 2 is 1.86 bits per heavy atom. The van der Waals surface area contributed by atoms with Crippen LogP contribution in [0.4, 0.5) is 0 Å². The average Bonchev–Trinajstić information content (AvgIpc) is 2.90. The lowest BCUT2D eigenvalue weighted by Crippen LogP contribution is -2.37. The van der Waals surface area contributed by atoms with E-state index in [1.807, 2.05) is 48.2 Å². The van der Waals surface area contributed by atoms with Gasteiger partial charge in [-0.3, -0.25) is 9.59 Å². The molecular weight excluding hydrogens is 352 g/mol. The summed E-state index contributed by atoms with van der Waals surface area (Å²) in [5.74, 6) is 0.683. The number of hydrogen-bond acceptors (Lipinski definition) is 3. The third kappa shape index (κ3) is 4.53. The molecule has 1 heterocycles. The quantitative estimate of drug-likeness (QED) is 0.837. The van der Waals surface area contributed by atoms with Gasteiger partial charge in [-0.2, -0.15) is 0 Å². The van der Waals surface area contributed by atoms with E-state index in [0.29, 0.717) is 32.5 Å². The third-order valence-corrected chi connectivity index (χ3v) is 5.19. The molecule has 1 aliphatic rings. The summed E-state index contributed by atoms with van der Waals surface area (Å²) in [4.78, 5) is 26.9. The first kappa shape index (κ1) is 19.9. The second-order valence-electron chi connectivity index (χ2n) is 7.14. The fourth-order valence-corrected chi connectivity index (χ4v) is 3.75. The Morgan fingerprint density at radius 3 is 2.61 bits per heavy atom. The van der Waals surface area contributed by atoms with Gasteiger partial charge in [-0.05, 0) is 30.0 Å². The van der Waals surface area contributed by atoms with Crippen LogP contribution in [0.3, 0.4) is 0 Å². The van der Waals surface area contributed by atoms with E-state index >= 15 is 0 Å². The largest absolute Gasteiger partial charge is 0.496 e. The van der Waals surface area contributed by atoms with Crippen LogP contribution in [0.25, 0.3) is 11.1 Å². The Morgan fingerprint density at radius 1 is 1.14 bits per heavy atom. The summed E-state index contributed by atoms with van der Waals surface area (Å²) in [5.41, 5.74) is 3.15. The molecule has 0 bridgehead atoms. The van der Waals surface area contributed by atoms with Crippen molar-refractivity contribution in [1.29, 1.82) is 0 Å². The Kier molecular flexibility index (Phi) is 6.69. The van der Waals surface area contributed by atoms with Crippen molar-refractivity contribution in [3.63, 3.8) is 0 Å². The van der Waals surface area contributed by atoms with E-state index in [-0.39, 0.29) is 17.7 Å². The second-order valence-corrected chi connectivity index (χ2v) is 7.14. The van der Waals surface area contributed by atoms with Crippen LogP contribution >= 0.6 is 0 Å². The molecule has 1 atom stereocenters. The Balaban J connectivity index is 1.88. The molecule has 1 saturated heterocycles. The molecule has 1 fully saturated rings. The van der Waals surface area contributed by atoms with Crippen molar-refractivity contribution in [2.24, 2.45) is 5.92 Å². The Bertz CT molecular complexity index is 834. The Hall–Kier alpha value is -2.82. The maximum Gasteiger partial charge on any atom is 0.225 e. The number of benzene rings is 2. The first-order valence-electron chi connectivity index (χ1n) is 9.90. The molecule has 148 valence electrons. The van der Waals surface area contributed by atoms with E-state index in [2.05, 4.69) is 17.4 Å². The van der Waals surface area contributed by atoms with Crippen molar-refractivity contribution in [2.75, 3.05) is 26.7 Å². The predicted molar refractivity (Wildman–Crippen MR) is 110 cm³/mol. The zero-order valence-corrected chi connectivity index (χ0v) is 16.6. The molecule has 0 aliphatic carbocycles. The highest BCUT2D eigenvalue weighted by atomic mass is 16.5. The molecule has 5 nitrogen and oxygen atoms in total. The average molecular weight is 380 g/mol. The maximum atomic E-state index is 12.6. The number of carbonyl (C=O) groups excluding carboxylic acids is 2. The molecule has 3 rings (SSSR count). The van der Waals surface area contributed by atoms with Gasteiger partial charge in [-0.1, -0.05) is 49.4 Å². The Labute approximate surface area is 166 Å². The van der Waals surface area contributed by atoms with Gasteiger partial charge in [0, 0.05) is 31.6 Å². The van der Waals surface area contributed by atoms with E-state index in [9.17, 15) is 9.59 Å². The van der Waals surface area contributed by atoms with E-state index in [0.717, 1.165) is 28.9 Å². The normalized spacial score (nSPS) is 17.0. The maximum absolute atomic E-state index is 12.6. The van der Waals surface area contributed by atoms with Crippen molar-refractivity contribution in [3.8, 4) is 16.9 Å². The standard InChI is InChI=1S/C23H28N2O3/c1-3-8-22(26)25-14-13-24-23(27)18(16-25)15-17-9-4-5-10-19(17)20-11-6-7-12-21(20)28-2/h4-7,9-12,18H,3,8,13-16H2,1-2H3,(H,24,27). The van der Waals surface area contributed by atoms with Gasteiger partial charge in [0.15, 0.2) is 0 Å². The summed E-state index contributed by atoms with van der Waals surface area (Å²) in [7, 11) is 1.66. The van der Waals surface area contributed by atoms with Crippen molar-refractivity contribution in [2.45, 2.75) is 26.2 Å². The fraction of sp³-hybridized carbons (Fsp3) is 0.391. The molecule has 0 saturated carbocycles.